The molecule has 0 spiro atoms. The van der Waals surface area contributed by atoms with Crippen LogP contribution < -0.4 is 5.32 Å². The quantitative estimate of drug-likeness (QED) is 0.704. The van der Waals surface area contributed by atoms with Gasteiger partial charge in [-0.2, -0.15) is 0 Å². The summed E-state index contributed by atoms with van der Waals surface area (Å²) in [7, 11) is 0. The smallest absolute Gasteiger partial charge is 0.333 e. The maximum absolute atomic E-state index is 12.8. The van der Waals surface area contributed by atoms with Crippen LogP contribution in [0.1, 0.15) is 5.56 Å². The second-order valence-electron chi connectivity index (χ2n) is 2.96. The van der Waals surface area contributed by atoms with E-state index in [4.69, 9.17) is 5.11 Å². The van der Waals surface area contributed by atoms with Crippen molar-refractivity contribution >= 4 is 11.8 Å². The lowest BCUT2D eigenvalue weighted by atomic mass is 10.0. The molecular formula is C9H7FN2O2. The van der Waals surface area contributed by atoms with Crippen LogP contribution in [-0.4, -0.2) is 16.1 Å². The second-order valence-corrected chi connectivity index (χ2v) is 2.96. The molecule has 4 nitrogen and oxygen atoms in total. The van der Waals surface area contributed by atoms with E-state index in [2.05, 4.69) is 10.3 Å². The normalized spacial score (nSPS) is 13.9. The number of pyridine rings is 1. The molecule has 72 valence electrons. The van der Waals surface area contributed by atoms with Crippen LogP contribution in [0.3, 0.4) is 0 Å². The van der Waals surface area contributed by atoms with Crippen molar-refractivity contribution in [2.45, 2.75) is 6.42 Å². The van der Waals surface area contributed by atoms with Gasteiger partial charge in [0, 0.05) is 18.2 Å². The average Bonchev–Trinajstić information content (AvgIpc) is 2.16. The van der Waals surface area contributed by atoms with Gasteiger partial charge in [0.15, 0.2) is 0 Å². The number of carbonyl (C=O) groups is 1. The van der Waals surface area contributed by atoms with Crippen LogP contribution in [0.15, 0.2) is 24.0 Å². The van der Waals surface area contributed by atoms with Crippen LogP contribution in [0.2, 0.25) is 0 Å². The van der Waals surface area contributed by atoms with Crippen LogP contribution >= 0.6 is 0 Å². The van der Waals surface area contributed by atoms with Crippen molar-refractivity contribution in [3.63, 3.8) is 0 Å². The van der Waals surface area contributed by atoms with Crippen LogP contribution in [0, 0.1) is 5.82 Å². The number of aliphatic carboxylic acids is 1. The van der Waals surface area contributed by atoms with Crippen LogP contribution in [-0.2, 0) is 11.2 Å². The van der Waals surface area contributed by atoms with Crippen molar-refractivity contribution in [2.75, 3.05) is 5.32 Å². The third-order valence-electron chi connectivity index (χ3n) is 1.97. The van der Waals surface area contributed by atoms with Crippen LogP contribution in [0.5, 0.6) is 0 Å². The van der Waals surface area contributed by atoms with E-state index < -0.39 is 11.8 Å². The first-order chi connectivity index (χ1) is 6.66. The summed E-state index contributed by atoms with van der Waals surface area (Å²) in [5.74, 6) is -0.957. The first-order valence-electron chi connectivity index (χ1n) is 4.00. The molecule has 0 amide bonds. The Kier molecular flexibility index (Phi) is 1.92. The van der Waals surface area contributed by atoms with E-state index in [1.165, 1.54) is 12.3 Å². The van der Waals surface area contributed by atoms with Gasteiger partial charge in [-0.05, 0) is 6.07 Å². The summed E-state index contributed by atoms with van der Waals surface area (Å²) in [5.41, 5.74) is 0.759. The Morgan fingerprint density at radius 3 is 3.14 bits per heavy atom. The minimum Gasteiger partial charge on any atom is -0.478 e. The molecule has 0 unspecified atom stereocenters. The minimum atomic E-state index is -1.01. The zero-order chi connectivity index (χ0) is 10.1. The number of fused-ring (bicyclic) bond motifs is 1. The molecule has 1 aromatic heterocycles. The van der Waals surface area contributed by atoms with E-state index in [9.17, 15) is 9.18 Å². The summed E-state index contributed by atoms with van der Waals surface area (Å²) in [6.07, 6.45) is 2.66. The Hall–Kier alpha value is -1.91. The number of halogens is 1. The molecule has 2 heterocycles. The fourth-order valence-electron chi connectivity index (χ4n) is 1.29. The molecule has 1 aromatic rings. The molecule has 0 saturated carbocycles. The number of carboxylic acid groups (broad SMARTS) is 1. The predicted molar refractivity (Wildman–Crippen MR) is 47.2 cm³/mol. The number of carboxylic acids is 1. The first kappa shape index (κ1) is 8.68. The molecule has 2 rings (SSSR count). The summed E-state index contributed by atoms with van der Waals surface area (Å²) >= 11 is 0. The Bertz CT molecular complexity index is 429. The Labute approximate surface area is 79.1 Å². The zero-order valence-corrected chi connectivity index (χ0v) is 7.12. The van der Waals surface area contributed by atoms with Gasteiger partial charge in [-0.3, -0.25) is 0 Å². The van der Waals surface area contributed by atoms with Gasteiger partial charge in [0.2, 0.25) is 0 Å². The number of nitrogens with zero attached hydrogens (tertiary/aromatic N) is 1. The maximum atomic E-state index is 12.8. The van der Waals surface area contributed by atoms with Gasteiger partial charge in [-0.1, -0.05) is 0 Å². The lowest BCUT2D eigenvalue weighted by Crippen LogP contribution is -2.13. The first-order valence-corrected chi connectivity index (χ1v) is 4.00. The Morgan fingerprint density at radius 1 is 1.64 bits per heavy atom. The number of hydrogen-bond donors (Lipinski definition) is 2. The fourth-order valence-corrected chi connectivity index (χ4v) is 1.29. The van der Waals surface area contributed by atoms with Gasteiger partial charge >= 0.3 is 5.97 Å². The number of aromatic nitrogens is 1. The lowest BCUT2D eigenvalue weighted by Gasteiger charge is -2.14. The van der Waals surface area contributed by atoms with E-state index in [0.29, 0.717) is 11.4 Å². The molecule has 1 aliphatic heterocycles. The molecule has 14 heavy (non-hydrogen) atoms. The minimum absolute atomic E-state index is 0.197. The molecule has 0 radical (unpaired) electrons. The standard InChI is InChI=1S/C9H7FN2O2/c10-7-2-5-1-6(9(13)14)3-11-8(5)12-4-7/h2-4H,1H2,(H,11,12)(H,13,14). The van der Waals surface area contributed by atoms with E-state index >= 15 is 0 Å². The summed E-state index contributed by atoms with van der Waals surface area (Å²) in [6, 6.07) is 1.28. The van der Waals surface area contributed by atoms with E-state index in [1.807, 2.05) is 0 Å². The summed E-state index contributed by atoms with van der Waals surface area (Å²) < 4.78 is 12.8. The molecule has 2 N–H and O–H groups in total. The van der Waals surface area contributed by atoms with Gasteiger partial charge in [0.1, 0.15) is 11.6 Å². The van der Waals surface area contributed by atoms with Gasteiger partial charge in [0.05, 0.1) is 11.8 Å². The van der Waals surface area contributed by atoms with Crippen molar-refractivity contribution in [1.82, 2.24) is 4.98 Å². The highest BCUT2D eigenvalue weighted by Crippen LogP contribution is 2.22. The van der Waals surface area contributed by atoms with Gasteiger partial charge < -0.3 is 10.4 Å². The maximum Gasteiger partial charge on any atom is 0.333 e. The van der Waals surface area contributed by atoms with Crippen molar-refractivity contribution in [3.05, 3.63) is 35.4 Å². The molecular weight excluding hydrogens is 187 g/mol. The van der Waals surface area contributed by atoms with Gasteiger partial charge in [-0.15, -0.1) is 0 Å². The number of nitrogens with one attached hydrogen (secondary N) is 1. The lowest BCUT2D eigenvalue weighted by molar-refractivity contribution is -0.132. The van der Waals surface area contributed by atoms with Crippen LogP contribution in [0.25, 0.3) is 0 Å². The summed E-state index contributed by atoms with van der Waals surface area (Å²) in [5, 5.41) is 11.4. The SMILES string of the molecule is O=C(O)C1=CNc2ncc(F)cc2C1. The average molecular weight is 194 g/mol. The summed E-state index contributed by atoms with van der Waals surface area (Å²) in [6.45, 7) is 0. The monoisotopic (exact) mass is 194 g/mol. The van der Waals surface area contributed by atoms with E-state index in [-0.39, 0.29) is 12.0 Å². The number of rotatable bonds is 1. The van der Waals surface area contributed by atoms with Gasteiger partial charge in [-0.25, -0.2) is 14.2 Å². The molecule has 0 aromatic carbocycles. The topological polar surface area (TPSA) is 62.2 Å². The Balaban J connectivity index is 2.35. The number of hydrogen-bond acceptors (Lipinski definition) is 3. The van der Waals surface area contributed by atoms with Gasteiger partial charge in [0.25, 0.3) is 0 Å². The Morgan fingerprint density at radius 2 is 2.43 bits per heavy atom. The third-order valence-corrected chi connectivity index (χ3v) is 1.97. The molecule has 0 aliphatic carbocycles. The largest absolute Gasteiger partial charge is 0.478 e. The van der Waals surface area contributed by atoms with Crippen LogP contribution in [0.4, 0.5) is 10.2 Å². The second kappa shape index (κ2) is 3.10. The highest BCUT2D eigenvalue weighted by atomic mass is 19.1. The van der Waals surface area contributed by atoms with E-state index in [1.54, 1.807) is 0 Å². The van der Waals surface area contributed by atoms with E-state index in [0.717, 1.165) is 6.20 Å². The molecule has 5 heteroatoms. The highest BCUT2D eigenvalue weighted by molar-refractivity contribution is 5.88. The number of anilines is 1. The highest BCUT2D eigenvalue weighted by Gasteiger charge is 2.16. The zero-order valence-electron chi connectivity index (χ0n) is 7.12. The third kappa shape index (κ3) is 1.44. The molecule has 0 atom stereocenters. The molecule has 0 bridgehead atoms. The molecule has 1 aliphatic rings. The molecule has 0 fully saturated rings. The predicted octanol–water partition coefficient (Wildman–Crippen LogP) is 1.16. The van der Waals surface area contributed by atoms with Crippen molar-refractivity contribution in [3.8, 4) is 0 Å². The van der Waals surface area contributed by atoms with Crippen molar-refractivity contribution < 1.29 is 14.3 Å². The molecule has 0 saturated heterocycles. The van der Waals surface area contributed by atoms with Crippen molar-refractivity contribution in [1.29, 1.82) is 0 Å². The fraction of sp³-hybridized carbons (Fsp3) is 0.111. The summed E-state index contributed by atoms with van der Waals surface area (Å²) in [4.78, 5) is 14.4. The van der Waals surface area contributed by atoms with Crippen molar-refractivity contribution in [2.24, 2.45) is 0 Å².